The van der Waals surface area contributed by atoms with Crippen LogP contribution in [-0.4, -0.2) is 9.55 Å². The fourth-order valence-corrected chi connectivity index (χ4v) is 1.61. The van der Waals surface area contributed by atoms with Gasteiger partial charge in [-0.1, -0.05) is 17.7 Å². The van der Waals surface area contributed by atoms with Gasteiger partial charge < -0.3 is 5.73 Å². The number of aromatic nitrogens is 2. The van der Waals surface area contributed by atoms with Crippen molar-refractivity contribution in [3.8, 4) is 0 Å². The average Bonchev–Trinajstić information content (AvgIpc) is 2.31. The van der Waals surface area contributed by atoms with Crippen molar-refractivity contribution in [1.29, 1.82) is 0 Å². The van der Waals surface area contributed by atoms with Crippen LogP contribution >= 0.6 is 11.6 Å². The summed E-state index contributed by atoms with van der Waals surface area (Å²) >= 11 is 5.76. The van der Waals surface area contributed by atoms with Crippen molar-refractivity contribution < 1.29 is 4.39 Å². The van der Waals surface area contributed by atoms with Crippen LogP contribution in [0.1, 0.15) is 5.56 Å². The highest BCUT2D eigenvalue weighted by Gasteiger charge is 2.05. The zero-order valence-corrected chi connectivity index (χ0v) is 9.87. The summed E-state index contributed by atoms with van der Waals surface area (Å²) in [6.07, 6.45) is 0.853. The van der Waals surface area contributed by atoms with E-state index in [0.29, 0.717) is 16.3 Å². The number of halogens is 2. The Hall–Kier alpha value is -2.08. The summed E-state index contributed by atoms with van der Waals surface area (Å²) in [6.45, 7) is 0.0912. The fourth-order valence-electron chi connectivity index (χ4n) is 1.49. The molecule has 0 aliphatic heterocycles. The predicted octanol–water partition coefficient (Wildman–Crippen LogP) is 0.960. The van der Waals surface area contributed by atoms with Crippen molar-refractivity contribution in [3.63, 3.8) is 0 Å². The molecule has 3 N–H and O–H groups in total. The number of rotatable bonds is 2. The van der Waals surface area contributed by atoms with Crippen LogP contribution < -0.4 is 17.0 Å². The Morgan fingerprint density at radius 2 is 2.11 bits per heavy atom. The highest BCUT2D eigenvalue weighted by Crippen LogP contribution is 2.19. The predicted molar refractivity (Wildman–Crippen MR) is 66.2 cm³/mol. The Labute approximate surface area is 106 Å². The van der Waals surface area contributed by atoms with Crippen LogP contribution in [0.3, 0.4) is 0 Å². The smallest absolute Gasteiger partial charge is 0.328 e. The Balaban J connectivity index is 2.40. The molecule has 5 nitrogen and oxygen atoms in total. The van der Waals surface area contributed by atoms with Gasteiger partial charge in [0.05, 0.1) is 23.5 Å². The molecule has 0 fully saturated rings. The molecule has 0 aliphatic carbocycles. The minimum atomic E-state index is -1.04. The van der Waals surface area contributed by atoms with Gasteiger partial charge in [0, 0.05) is 0 Å². The third kappa shape index (κ3) is 2.43. The molecular weight excluding hydrogens is 261 g/mol. The average molecular weight is 270 g/mol. The van der Waals surface area contributed by atoms with Gasteiger partial charge in [0.15, 0.2) is 0 Å². The van der Waals surface area contributed by atoms with E-state index in [1.165, 1.54) is 0 Å². The molecule has 2 aromatic rings. The maximum absolute atomic E-state index is 13.1. The molecule has 1 heterocycles. The molecule has 0 saturated carbocycles. The van der Waals surface area contributed by atoms with Gasteiger partial charge in [-0.15, -0.1) is 0 Å². The Kier molecular flexibility index (Phi) is 3.20. The number of H-pyrrole nitrogens is 1. The third-order valence-electron chi connectivity index (χ3n) is 2.38. The minimum absolute atomic E-state index is 0.0912. The number of nitrogens with two attached hydrogens (primary N) is 1. The van der Waals surface area contributed by atoms with Crippen molar-refractivity contribution in [2.45, 2.75) is 6.54 Å². The van der Waals surface area contributed by atoms with Gasteiger partial charge in [-0.25, -0.2) is 4.79 Å². The number of hydrogen-bond donors (Lipinski definition) is 2. The molecule has 7 heteroatoms. The first-order valence-electron chi connectivity index (χ1n) is 5.00. The summed E-state index contributed by atoms with van der Waals surface area (Å²) in [4.78, 5) is 24.2. The third-order valence-corrected chi connectivity index (χ3v) is 2.72. The van der Waals surface area contributed by atoms with Crippen molar-refractivity contribution in [2.75, 3.05) is 5.73 Å². The van der Waals surface area contributed by atoms with Gasteiger partial charge in [0.2, 0.25) is 5.82 Å². The first-order chi connectivity index (χ1) is 8.47. The number of nitrogens with one attached hydrogen (secondary N) is 1. The SMILES string of the molecule is Nc1cc(Cn2cc(F)c(=O)[nH]c2=O)ccc1Cl. The molecule has 0 saturated heterocycles. The molecule has 1 aromatic carbocycles. The monoisotopic (exact) mass is 269 g/mol. The zero-order valence-electron chi connectivity index (χ0n) is 9.11. The number of nitrogens with zero attached hydrogens (tertiary/aromatic N) is 1. The second-order valence-corrected chi connectivity index (χ2v) is 4.13. The summed E-state index contributed by atoms with van der Waals surface area (Å²) in [5.74, 6) is -1.02. The fraction of sp³-hybridized carbons (Fsp3) is 0.0909. The highest BCUT2D eigenvalue weighted by atomic mass is 35.5. The number of anilines is 1. The van der Waals surface area contributed by atoms with Gasteiger partial charge >= 0.3 is 5.69 Å². The van der Waals surface area contributed by atoms with E-state index in [1.807, 2.05) is 4.98 Å². The molecule has 0 atom stereocenters. The minimum Gasteiger partial charge on any atom is -0.398 e. The van der Waals surface area contributed by atoms with Crippen LogP contribution in [0.5, 0.6) is 0 Å². The van der Waals surface area contributed by atoms with E-state index < -0.39 is 17.1 Å². The van der Waals surface area contributed by atoms with Crippen molar-refractivity contribution in [3.05, 3.63) is 61.6 Å². The van der Waals surface area contributed by atoms with E-state index in [2.05, 4.69) is 0 Å². The maximum Gasteiger partial charge on any atom is 0.328 e. The second kappa shape index (κ2) is 4.66. The molecule has 0 bridgehead atoms. The van der Waals surface area contributed by atoms with Crippen LogP contribution in [0.4, 0.5) is 10.1 Å². The summed E-state index contributed by atoms with van der Waals surface area (Å²) in [5.41, 5.74) is 4.93. The van der Waals surface area contributed by atoms with Crippen LogP contribution in [0, 0.1) is 5.82 Å². The van der Waals surface area contributed by atoms with Gasteiger partial charge in [-0.2, -0.15) is 4.39 Å². The van der Waals surface area contributed by atoms with Crippen molar-refractivity contribution >= 4 is 17.3 Å². The quantitative estimate of drug-likeness (QED) is 0.797. The number of aromatic amines is 1. The standard InChI is InChI=1S/C11H9ClFN3O2/c12-7-2-1-6(3-9(7)14)4-16-5-8(13)10(17)15-11(16)18/h1-3,5H,4,14H2,(H,15,17,18). The normalized spacial score (nSPS) is 10.6. The largest absolute Gasteiger partial charge is 0.398 e. The van der Waals surface area contributed by atoms with Crippen LogP contribution in [0.2, 0.25) is 5.02 Å². The Morgan fingerprint density at radius 1 is 1.39 bits per heavy atom. The van der Waals surface area contributed by atoms with Crippen LogP contribution in [-0.2, 0) is 6.54 Å². The maximum atomic E-state index is 13.1. The molecule has 0 unspecified atom stereocenters. The zero-order chi connectivity index (χ0) is 13.3. The molecule has 0 radical (unpaired) electrons. The lowest BCUT2D eigenvalue weighted by Crippen LogP contribution is -2.31. The lowest BCUT2D eigenvalue weighted by atomic mass is 10.2. The van der Waals surface area contributed by atoms with E-state index in [0.717, 1.165) is 10.8 Å². The molecule has 94 valence electrons. The molecular formula is C11H9ClFN3O2. The second-order valence-electron chi connectivity index (χ2n) is 3.72. The van der Waals surface area contributed by atoms with E-state index in [-0.39, 0.29) is 6.54 Å². The molecule has 0 amide bonds. The molecule has 0 aliphatic rings. The Bertz CT molecular complexity index is 708. The summed E-state index contributed by atoms with van der Waals surface area (Å²) in [5, 5.41) is 0.402. The molecule has 18 heavy (non-hydrogen) atoms. The molecule has 2 rings (SSSR count). The van der Waals surface area contributed by atoms with Crippen LogP contribution in [0.15, 0.2) is 34.0 Å². The lowest BCUT2D eigenvalue weighted by molar-refractivity contribution is 0.566. The van der Waals surface area contributed by atoms with Crippen molar-refractivity contribution in [2.24, 2.45) is 0 Å². The topological polar surface area (TPSA) is 80.9 Å². The molecule has 1 aromatic heterocycles. The number of benzene rings is 1. The summed E-state index contributed by atoms with van der Waals surface area (Å²) in [7, 11) is 0. The van der Waals surface area contributed by atoms with E-state index in [1.54, 1.807) is 18.2 Å². The van der Waals surface area contributed by atoms with Crippen LogP contribution in [0.25, 0.3) is 0 Å². The van der Waals surface area contributed by atoms with Gasteiger partial charge in [0.25, 0.3) is 5.56 Å². The first-order valence-corrected chi connectivity index (χ1v) is 5.38. The lowest BCUT2D eigenvalue weighted by Gasteiger charge is -2.06. The first kappa shape index (κ1) is 12.4. The molecule has 0 spiro atoms. The number of nitrogen functional groups attached to an aromatic ring is 1. The number of hydrogen-bond acceptors (Lipinski definition) is 3. The van der Waals surface area contributed by atoms with Gasteiger partial charge in [-0.05, 0) is 17.7 Å². The van der Waals surface area contributed by atoms with E-state index in [9.17, 15) is 14.0 Å². The van der Waals surface area contributed by atoms with E-state index in [4.69, 9.17) is 17.3 Å². The van der Waals surface area contributed by atoms with Gasteiger partial charge in [-0.3, -0.25) is 14.3 Å². The van der Waals surface area contributed by atoms with Crippen molar-refractivity contribution in [1.82, 2.24) is 9.55 Å². The summed E-state index contributed by atoms with van der Waals surface area (Å²) in [6, 6.07) is 4.82. The summed E-state index contributed by atoms with van der Waals surface area (Å²) < 4.78 is 14.1. The highest BCUT2D eigenvalue weighted by molar-refractivity contribution is 6.33. The van der Waals surface area contributed by atoms with Gasteiger partial charge in [0.1, 0.15) is 0 Å². The Morgan fingerprint density at radius 3 is 2.78 bits per heavy atom. The van der Waals surface area contributed by atoms with E-state index >= 15 is 0 Å².